The molecule has 2 aliphatic rings. The molecule has 4 heteroatoms. The molecule has 3 rings (SSSR count). The first kappa shape index (κ1) is 14.8. The lowest BCUT2D eigenvalue weighted by atomic mass is 10.0. The number of benzene rings is 1. The predicted octanol–water partition coefficient (Wildman–Crippen LogP) is 2.59. The van der Waals surface area contributed by atoms with Crippen LogP contribution in [-0.4, -0.2) is 42.7 Å². The molecule has 21 heavy (non-hydrogen) atoms. The largest absolute Gasteiger partial charge is 0.488 e. The van der Waals surface area contributed by atoms with Gasteiger partial charge in [-0.05, 0) is 31.0 Å². The third kappa shape index (κ3) is 3.22. The van der Waals surface area contributed by atoms with Crippen molar-refractivity contribution in [3.8, 4) is 5.75 Å². The van der Waals surface area contributed by atoms with E-state index in [9.17, 15) is 4.39 Å². The van der Waals surface area contributed by atoms with E-state index in [-0.39, 0.29) is 11.9 Å². The van der Waals surface area contributed by atoms with Gasteiger partial charge in [-0.15, -0.1) is 0 Å². The quantitative estimate of drug-likeness (QED) is 0.923. The van der Waals surface area contributed by atoms with E-state index in [4.69, 9.17) is 4.74 Å². The van der Waals surface area contributed by atoms with E-state index in [1.54, 1.807) is 12.1 Å². The molecular weight excluding hydrogens is 267 g/mol. The molecule has 116 valence electrons. The standard InChI is InChI=1S/C17H25FN2O/c1-3-14-10-20(15(4-2)9-19-14)11-16-8-12-7-13(18)5-6-17(12)21-16/h5-7,14-16,19H,3-4,8-11H2,1-2H3. The molecule has 3 nitrogen and oxygen atoms in total. The molecule has 0 saturated carbocycles. The van der Waals surface area contributed by atoms with E-state index in [1.807, 2.05) is 0 Å². The van der Waals surface area contributed by atoms with Crippen molar-refractivity contribution < 1.29 is 9.13 Å². The molecular formula is C17H25FN2O. The Bertz CT molecular complexity index is 494. The van der Waals surface area contributed by atoms with Crippen LogP contribution in [0.25, 0.3) is 0 Å². The predicted molar refractivity (Wildman–Crippen MR) is 82.3 cm³/mol. The zero-order chi connectivity index (χ0) is 14.8. The molecule has 3 atom stereocenters. The Morgan fingerprint density at radius 1 is 1.33 bits per heavy atom. The summed E-state index contributed by atoms with van der Waals surface area (Å²) in [5, 5.41) is 3.62. The zero-order valence-electron chi connectivity index (χ0n) is 12.9. The molecule has 0 bridgehead atoms. The lowest BCUT2D eigenvalue weighted by Crippen LogP contribution is -2.57. The van der Waals surface area contributed by atoms with Crippen LogP contribution in [0, 0.1) is 5.82 Å². The highest BCUT2D eigenvalue weighted by molar-refractivity contribution is 5.38. The third-order valence-electron chi connectivity index (χ3n) is 4.78. The number of ether oxygens (including phenoxy) is 1. The summed E-state index contributed by atoms with van der Waals surface area (Å²) < 4.78 is 19.3. The average molecular weight is 292 g/mol. The third-order valence-corrected chi connectivity index (χ3v) is 4.78. The van der Waals surface area contributed by atoms with Gasteiger partial charge >= 0.3 is 0 Å². The Kier molecular flexibility index (Phi) is 4.45. The smallest absolute Gasteiger partial charge is 0.123 e. The van der Waals surface area contributed by atoms with Crippen molar-refractivity contribution in [1.29, 1.82) is 0 Å². The van der Waals surface area contributed by atoms with E-state index in [0.717, 1.165) is 50.2 Å². The molecule has 2 aliphatic heterocycles. The van der Waals surface area contributed by atoms with Gasteiger partial charge in [-0.3, -0.25) is 4.90 Å². The van der Waals surface area contributed by atoms with Crippen LogP contribution in [0.5, 0.6) is 5.75 Å². The highest BCUT2D eigenvalue weighted by atomic mass is 19.1. The van der Waals surface area contributed by atoms with Crippen molar-refractivity contribution in [1.82, 2.24) is 10.2 Å². The normalized spacial score (nSPS) is 29.2. The summed E-state index contributed by atoms with van der Waals surface area (Å²) in [4.78, 5) is 2.55. The second-order valence-electron chi connectivity index (χ2n) is 6.23. The van der Waals surface area contributed by atoms with Crippen molar-refractivity contribution in [2.45, 2.75) is 51.3 Å². The molecule has 2 heterocycles. The summed E-state index contributed by atoms with van der Waals surface area (Å²) in [6, 6.07) is 6.01. The van der Waals surface area contributed by atoms with Gasteiger partial charge in [-0.1, -0.05) is 13.8 Å². The number of hydrogen-bond donors (Lipinski definition) is 1. The number of fused-ring (bicyclic) bond motifs is 1. The molecule has 1 N–H and O–H groups in total. The van der Waals surface area contributed by atoms with Crippen LogP contribution in [0.15, 0.2) is 18.2 Å². The Morgan fingerprint density at radius 3 is 2.95 bits per heavy atom. The number of hydrogen-bond acceptors (Lipinski definition) is 3. The van der Waals surface area contributed by atoms with E-state index in [1.165, 1.54) is 6.07 Å². The van der Waals surface area contributed by atoms with Gasteiger partial charge in [0.1, 0.15) is 17.7 Å². The SMILES string of the molecule is CCC1CN(CC2Cc3cc(F)ccc3O2)C(CC)CN1. The summed E-state index contributed by atoms with van der Waals surface area (Å²) in [7, 11) is 0. The fourth-order valence-corrected chi connectivity index (χ4v) is 3.48. The summed E-state index contributed by atoms with van der Waals surface area (Å²) >= 11 is 0. The fraction of sp³-hybridized carbons (Fsp3) is 0.647. The van der Waals surface area contributed by atoms with E-state index < -0.39 is 0 Å². The maximum Gasteiger partial charge on any atom is 0.123 e. The van der Waals surface area contributed by atoms with Crippen molar-refractivity contribution in [3.63, 3.8) is 0 Å². The first-order valence-corrected chi connectivity index (χ1v) is 8.12. The van der Waals surface area contributed by atoms with Gasteiger partial charge in [0, 0.05) is 43.7 Å². The molecule has 0 amide bonds. The Hall–Kier alpha value is -1.13. The highest BCUT2D eigenvalue weighted by Crippen LogP contribution is 2.30. The van der Waals surface area contributed by atoms with Crippen molar-refractivity contribution >= 4 is 0 Å². The average Bonchev–Trinajstić information content (AvgIpc) is 2.88. The van der Waals surface area contributed by atoms with Gasteiger partial charge in [0.25, 0.3) is 0 Å². The summed E-state index contributed by atoms with van der Waals surface area (Å²) in [5.74, 6) is 0.689. The highest BCUT2D eigenvalue weighted by Gasteiger charge is 2.31. The number of nitrogens with one attached hydrogen (secondary N) is 1. The molecule has 1 aromatic carbocycles. The summed E-state index contributed by atoms with van der Waals surface area (Å²) in [6.45, 7) is 7.55. The summed E-state index contributed by atoms with van der Waals surface area (Å²) in [6.07, 6.45) is 3.29. The van der Waals surface area contributed by atoms with E-state index >= 15 is 0 Å². The first-order chi connectivity index (χ1) is 10.2. The minimum Gasteiger partial charge on any atom is -0.488 e. The fourth-order valence-electron chi connectivity index (χ4n) is 3.48. The molecule has 0 radical (unpaired) electrons. The number of nitrogens with zero attached hydrogens (tertiary/aromatic N) is 1. The van der Waals surface area contributed by atoms with Crippen LogP contribution in [-0.2, 0) is 6.42 Å². The van der Waals surface area contributed by atoms with Gasteiger partial charge in [0.15, 0.2) is 0 Å². The molecule has 3 unspecified atom stereocenters. The number of rotatable bonds is 4. The maximum absolute atomic E-state index is 13.3. The van der Waals surface area contributed by atoms with Crippen molar-refractivity contribution in [2.75, 3.05) is 19.6 Å². The van der Waals surface area contributed by atoms with Gasteiger partial charge in [-0.2, -0.15) is 0 Å². The lowest BCUT2D eigenvalue weighted by molar-refractivity contribution is 0.0774. The van der Waals surface area contributed by atoms with Crippen LogP contribution in [0.2, 0.25) is 0 Å². The molecule has 1 fully saturated rings. The minimum atomic E-state index is -0.169. The van der Waals surface area contributed by atoms with Crippen LogP contribution < -0.4 is 10.1 Å². The topological polar surface area (TPSA) is 24.5 Å². The van der Waals surface area contributed by atoms with Gasteiger partial charge in [0.2, 0.25) is 0 Å². The Labute approximate surface area is 126 Å². The molecule has 1 aromatic rings. The lowest BCUT2D eigenvalue weighted by Gasteiger charge is -2.40. The number of piperazine rings is 1. The zero-order valence-corrected chi connectivity index (χ0v) is 12.9. The van der Waals surface area contributed by atoms with Crippen molar-refractivity contribution in [3.05, 3.63) is 29.6 Å². The maximum atomic E-state index is 13.3. The van der Waals surface area contributed by atoms with Crippen LogP contribution >= 0.6 is 0 Å². The van der Waals surface area contributed by atoms with Crippen LogP contribution in [0.3, 0.4) is 0 Å². The Morgan fingerprint density at radius 2 is 2.19 bits per heavy atom. The van der Waals surface area contributed by atoms with E-state index in [2.05, 4.69) is 24.1 Å². The van der Waals surface area contributed by atoms with Crippen molar-refractivity contribution in [2.24, 2.45) is 0 Å². The van der Waals surface area contributed by atoms with Crippen LogP contribution in [0.4, 0.5) is 4.39 Å². The van der Waals surface area contributed by atoms with Gasteiger partial charge in [0.05, 0.1) is 0 Å². The van der Waals surface area contributed by atoms with E-state index in [0.29, 0.717) is 12.1 Å². The molecule has 0 spiro atoms. The molecule has 0 aliphatic carbocycles. The van der Waals surface area contributed by atoms with Gasteiger partial charge < -0.3 is 10.1 Å². The second kappa shape index (κ2) is 6.32. The molecule has 0 aromatic heterocycles. The monoisotopic (exact) mass is 292 g/mol. The first-order valence-electron chi connectivity index (χ1n) is 8.12. The van der Waals surface area contributed by atoms with Gasteiger partial charge in [-0.25, -0.2) is 4.39 Å². The second-order valence-corrected chi connectivity index (χ2v) is 6.23. The Balaban J connectivity index is 1.63. The van der Waals surface area contributed by atoms with Crippen LogP contribution in [0.1, 0.15) is 32.3 Å². The number of halogens is 1. The molecule has 1 saturated heterocycles. The minimum absolute atomic E-state index is 0.159. The summed E-state index contributed by atoms with van der Waals surface area (Å²) in [5.41, 5.74) is 1.01.